The van der Waals surface area contributed by atoms with E-state index in [0.717, 1.165) is 17.5 Å². The zero-order valence-electron chi connectivity index (χ0n) is 12.9. The molecule has 8 heteroatoms. The van der Waals surface area contributed by atoms with Crippen LogP contribution >= 0.6 is 0 Å². The first kappa shape index (κ1) is 16.4. The average molecular weight is 347 g/mol. The van der Waals surface area contributed by atoms with Crippen LogP contribution in [0.4, 0.5) is 11.4 Å². The minimum Gasteiger partial charge on any atom is -0.326 e. The first-order chi connectivity index (χ1) is 11.4. The largest absolute Gasteiger partial charge is 0.326 e. The fraction of sp³-hybridized carbons (Fsp3) is 0.250. The maximum absolute atomic E-state index is 13.0. The van der Waals surface area contributed by atoms with Gasteiger partial charge < -0.3 is 5.73 Å². The first-order valence-electron chi connectivity index (χ1n) is 7.53. The second kappa shape index (κ2) is 6.21. The Kier molecular flexibility index (Phi) is 4.25. The van der Waals surface area contributed by atoms with Gasteiger partial charge in [-0.2, -0.15) is 0 Å². The Bertz CT molecular complexity index is 864. The number of aryl methyl sites for hydroxylation is 1. The van der Waals surface area contributed by atoms with Gasteiger partial charge in [0, 0.05) is 25.2 Å². The zero-order chi connectivity index (χ0) is 17.3. The van der Waals surface area contributed by atoms with Crippen molar-refractivity contribution in [3.05, 3.63) is 63.7 Å². The lowest BCUT2D eigenvalue weighted by atomic mass is 9.99. The van der Waals surface area contributed by atoms with Gasteiger partial charge in [0.1, 0.15) is 0 Å². The summed E-state index contributed by atoms with van der Waals surface area (Å²) in [5.41, 5.74) is 8.00. The molecule has 2 aromatic carbocycles. The molecule has 0 radical (unpaired) electrons. The van der Waals surface area contributed by atoms with Crippen molar-refractivity contribution in [3.8, 4) is 0 Å². The van der Waals surface area contributed by atoms with Crippen LogP contribution in [0.1, 0.15) is 17.5 Å². The van der Waals surface area contributed by atoms with E-state index < -0.39 is 14.9 Å². The lowest BCUT2D eigenvalue weighted by molar-refractivity contribution is -0.384. The molecule has 0 unspecified atom stereocenters. The molecular formula is C16H17N3O4S. The van der Waals surface area contributed by atoms with Crippen molar-refractivity contribution in [2.75, 3.05) is 10.8 Å². The van der Waals surface area contributed by atoms with Crippen LogP contribution in [-0.2, 0) is 23.0 Å². The number of hydrogen-bond acceptors (Lipinski definition) is 5. The molecule has 2 aromatic rings. The molecule has 0 spiro atoms. The van der Waals surface area contributed by atoms with Crippen LogP contribution in [0, 0.1) is 10.1 Å². The Morgan fingerprint density at radius 3 is 2.50 bits per heavy atom. The molecule has 24 heavy (non-hydrogen) atoms. The first-order valence-corrected chi connectivity index (χ1v) is 8.97. The maximum atomic E-state index is 13.0. The van der Waals surface area contributed by atoms with Crippen LogP contribution in [0.3, 0.4) is 0 Å². The molecule has 0 aromatic heterocycles. The average Bonchev–Trinajstić information content (AvgIpc) is 2.60. The summed E-state index contributed by atoms with van der Waals surface area (Å²) in [4.78, 5) is 10.2. The van der Waals surface area contributed by atoms with Crippen molar-refractivity contribution < 1.29 is 13.3 Å². The molecule has 1 aliphatic rings. The minimum atomic E-state index is -3.80. The fourth-order valence-corrected chi connectivity index (χ4v) is 4.54. The topological polar surface area (TPSA) is 107 Å². The van der Waals surface area contributed by atoms with E-state index in [2.05, 4.69) is 0 Å². The van der Waals surface area contributed by atoms with Crippen LogP contribution in [0.15, 0.2) is 47.4 Å². The number of nitro groups is 1. The van der Waals surface area contributed by atoms with Gasteiger partial charge in [0.05, 0.1) is 15.5 Å². The summed E-state index contributed by atoms with van der Waals surface area (Å²) in [6.07, 6.45) is 1.52. The Morgan fingerprint density at radius 2 is 1.88 bits per heavy atom. The summed E-state index contributed by atoms with van der Waals surface area (Å²) >= 11 is 0. The number of fused-ring (bicyclic) bond motifs is 1. The van der Waals surface area contributed by atoms with Crippen molar-refractivity contribution >= 4 is 21.4 Å². The molecule has 1 heterocycles. The van der Waals surface area contributed by atoms with Gasteiger partial charge in [-0.25, -0.2) is 8.42 Å². The number of anilines is 1. The molecule has 0 aliphatic carbocycles. The van der Waals surface area contributed by atoms with E-state index >= 15 is 0 Å². The highest BCUT2D eigenvalue weighted by molar-refractivity contribution is 7.92. The Hall–Kier alpha value is -2.45. The van der Waals surface area contributed by atoms with Gasteiger partial charge in [0.2, 0.25) is 0 Å². The number of nitrogens with two attached hydrogens (primary N) is 1. The van der Waals surface area contributed by atoms with Crippen LogP contribution in [0.25, 0.3) is 0 Å². The second-order valence-corrected chi connectivity index (χ2v) is 7.42. The molecule has 0 bridgehead atoms. The smallest absolute Gasteiger partial charge is 0.269 e. The molecule has 126 valence electrons. The van der Waals surface area contributed by atoms with E-state index in [1.54, 1.807) is 0 Å². The molecule has 7 nitrogen and oxygen atoms in total. The van der Waals surface area contributed by atoms with Crippen LogP contribution in [-0.4, -0.2) is 19.9 Å². The minimum absolute atomic E-state index is 0.0350. The van der Waals surface area contributed by atoms with Crippen LogP contribution in [0.2, 0.25) is 0 Å². The summed E-state index contributed by atoms with van der Waals surface area (Å²) in [7, 11) is -3.80. The third-order valence-corrected chi connectivity index (χ3v) is 5.93. The second-order valence-electron chi connectivity index (χ2n) is 5.56. The Balaban J connectivity index is 2.08. The van der Waals surface area contributed by atoms with Gasteiger partial charge in [-0.1, -0.05) is 18.2 Å². The number of nitrogens with zero attached hydrogens (tertiary/aromatic N) is 2. The van der Waals surface area contributed by atoms with Gasteiger partial charge in [-0.05, 0) is 36.1 Å². The molecule has 0 amide bonds. The summed E-state index contributed by atoms with van der Waals surface area (Å²) < 4.78 is 27.4. The number of rotatable bonds is 4. The van der Waals surface area contributed by atoms with Crippen molar-refractivity contribution in [1.82, 2.24) is 0 Å². The number of non-ortho nitro benzene ring substituents is 1. The number of hydrogen-bond donors (Lipinski definition) is 1. The number of para-hydroxylation sites is 1. The number of sulfonamides is 1. The van der Waals surface area contributed by atoms with E-state index in [9.17, 15) is 18.5 Å². The van der Waals surface area contributed by atoms with Crippen molar-refractivity contribution in [1.29, 1.82) is 0 Å². The third kappa shape index (κ3) is 2.74. The van der Waals surface area contributed by atoms with E-state index in [0.29, 0.717) is 18.7 Å². The van der Waals surface area contributed by atoms with Crippen LogP contribution < -0.4 is 10.0 Å². The lowest BCUT2D eigenvalue weighted by Gasteiger charge is -2.32. The summed E-state index contributed by atoms with van der Waals surface area (Å²) in [6.45, 7) is 0.610. The zero-order valence-corrected chi connectivity index (χ0v) is 13.7. The highest BCUT2D eigenvalue weighted by Gasteiger charge is 2.30. The molecular weight excluding hydrogens is 330 g/mol. The molecule has 3 rings (SSSR count). The predicted molar refractivity (Wildman–Crippen MR) is 90.3 cm³/mol. The number of nitro benzene ring substituents is 1. The van der Waals surface area contributed by atoms with Crippen molar-refractivity contribution in [3.63, 3.8) is 0 Å². The van der Waals surface area contributed by atoms with Crippen molar-refractivity contribution in [2.45, 2.75) is 24.3 Å². The molecule has 0 saturated heterocycles. The molecule has 1 aliphatic heterocycles. The maximum Gasteiger partial charge on any atom is 0.269 e. The normalized spacial score (nSPS) is 14.3. The van der Waals surface area contributed by atoms with E-state index in [-0.39, 0.29) is 17.1 Å². The van der Waals surface area contributed by atoms with Gasteiger partial charge >= 0.3 is 0 Å². The van der Waals surface area contributed by atoms with E-state index in [1.165, 1.54) is 28.6 Å². The molecule has 0 saturated carbocycles. The summed E-state index contributed by atoms with van der Waals surface area (Å²) in [5, 5.41) is 10.7. The Morgan fingerprint density at radius 1 is 1.17 bits per heavy atom. The molecule has 0 fully saturated rings. The Labute approximate surface area is 139 Å². The van der Waals surface area contributed by atoms with Gasteiger partial charge in [0.25, 0.3) is 15.7 Å². The fourth-order valence-electron chi connectivity index (χ4n) is 2.96. The van der Waals surface area contributed by atoms with Crippen molar-refractivity contribution in [2.24, 2.45) is 5.73 Å². The van der Waals surface area contributed by atoms with Gasteiger partial charge in [-0.3, -0.25) is 14.4 Å². The SMILES string of the molecule is NCc1cccc2c1N(S(=O)(=O)c1ccc([N+](=O)[O-])cc1)CCC2. The van der Waals surface area contributed by atoms with Crippen LogP contribution in [0.5, 0.6) is 0 Å². The highest BCUT2D eigenvalue weighted by Crippen LogP contribution is 2.35. The standard InChI is InChI=1S/C16H17N3O4S/c17-11-13-4-1-3-12-5-2-10-18(16(12)13)24(22,23)15-8-6-14(7-9-15)19(20)21/h1,3-4,6-9H,2,5,10-11,17H2. The quantitative estimate of drug-likeness (QED) is 0.674. The van der Waals surface area contributed by atoms with Gasteiger partial charge in [0.15, 0.2) is 0 Å². The van der Waals surface area contributed by atoms with Gasteiger partial charge in [-0.15, -0.1) is 0 Å². The third-order valence-electron chi connectivity index (χ3n) is 4.12. The molecule has 2 N–H and O–H groups in total. The van der Waals surface area contributed by atoms with E-state index in [4.69, 9.17) is 5.73 Å². The summed E-state index contributed by atoms with van der Waals surface area (Å²) in [5.74, 6) is 0. The predicted octanol–water partition coefficient (Wildman–Crippen LogP) is 2.20. The summed E-state index contributed by atoms with van der Waals surface area (Å²) in [6, 6.07) is 10.6. The molecule has 0 atom stereocenters. The lowest BCUT2D eigenvalue weighted by Crippen LogP contribution is -2.36. The number of benzene rings is 2. The highest BCUT2D eigenvalue weighted by atomic mass is 32.2. The monoisotopic (exact) mass is 347 g/mol. The van der Waals surface area contributed by atoms with E-state index in [1.807, 2.05) is 18.2 Å².